The molecule has 0 bridgehead atoms. The van der Waals surface area contributed by atoms with Gasteiger partial charge in [-0.3, -0.25) is 4.79 Å². The Hall–Kier alpha value is -3.06. The number of nitrogens with zero attached hydrogens (tertiary/aromatic N) is 2. The van der Waals surface area contributed by atoms with Gasteiger partial charge in [0.25, 0.3) is 5.91 Å². The number of nitriles is 1. The van der Waals surface area contributed by atoms with Crippen molar-refractivity contribution in [2.75, 3.05) is 0 Å². The maximum atomic E-state index is 12.5. The highest BCUT2D eigenvalue weighted by Gasteiger charge is 2.16. The second-order valence-corrected chi connectivity index (χ2v) is 6.51. The van der Waals surface area contributed by atoms with Crippen molar-refractivity contribution in [2.24, 2.45) is 0 Å². The Balaban J connectivity index is 2.13. The minimum atomic E-state index is -0.359. The van der Waals surface area contributed by atoms with E-state index in [2.05, 4.69) is 5.32 Å². The molecule has 134 valence electrons. The van der Waals surface area contributed by atoms with Crippen LogP contribution in [0.4, 0.5) is 0 Å². The fourth-order valence-corrected chi connectivity index (χ4v) is 2.58. The van der Waals surface area contributed by atoms with Crippen molar-refractivity contribution >= 4 is 5.91 Å². The third kappa shape index (κ3) is 5.49. The van der Waals surface area contributed by atoms with E-state index in [1.54, 1.807) is 6.20 Å². The van der Waals surface area contributed by atoms with Crippen molar-refractivity contribution in [1.82, 2.24) is 10.2 Å². The summed E-state index contributed by atoms with van der Waals surface area (Å²) in [5.41, 5.74) is 2.24. The summed E-state index contributed by atoms with van der Waals surface area (Å²) in [6, 6.07) is 21.7. The Bertz CT molecular complexity index is 776. The third-order valence-corrected chi connectivity index (χ3v) is 4.18. The maximum Gasteiger partial charge on any atom is 0.263 e. The fraction of sp³-hybridized carbons (Fsp3) is 0.273. The maximum absolute atomic E-state index is 12.5. The molecule has 1 atom stereocenters. The summed E-state index contributed by atoms with van der Waals surface area (Å²) in [5.74, 6) is -0.359. The van der Waals surface area contributed by atoms with Gasteiger partial charge in [-0.25, -0.2) is 0 Å². The number of carbonyl (C=O) groups is 1. The molecule has 1 amide bonds. The number of hydrogen-bond donors (Lipinski definition) is 1. The van der Waals surface area contributed by atoms with Crippen LogP contribution in [0.25, 0.3) is 0 Å². The van der Waals surface area contributed by atoms with E-state index < -0.39 is 0 Å². The van der Waals surface area contributed by atoms with Crippen molar-refractivity contribution in [3.8, 4) is 6.07 Å². The molecule has 4 heteroatoms. The Morgan fingerprint density at radius 1 is 1.08 bits per heavy atom. The first-order valence-electron chi connectivity index (χ1n) is 8.78. The predicted molar refractivity (Wildman–Crippen MR) is 104 cm³/mol. The predicted octanol–water partition coefficient (Wildman–Crippen LogP) is 4.18. The molecule has 26 heavy (non-hydrogen) atoms. The molecule has 2 aromatic carbocycles. The van der Waals surface area contributed by atoms with E-state index >= 15 is 0 Å². The molecule has 0 fully saturated rings. The Morgan fingerprint density at radius 3 is 2.19 bits per heavy atom. The van der Waals surface area contributed by atoms with Gasteiger partial charge < -0.3 is 10.2 Å². The molecule has 0 spiro atoms. The number of nitrogens with one attached hydrogen (secondary N) is 1. The smallest absolute Gasteiger partial charge is 0.263 e. The van der Waals surface area contributed by atoms with Crippen LogP contribution in [0.1, 0.15) is 37.9 Å². The monoisotopic (exact) mass is 347 g/mol. The van der Waals surface area contributed by atoms with Gasteiger partial charge in [0.2, 0.25) is 0 Å². The average Bonchev–Trinajstić information content (AvgIpc) is 2.66. The average molecular weight is 347 g/mol. The van der Waals surface area contributed by atoms with Crippen LogP contribution in [0, 0.1) is 11.3 Å². The highest BCUT2D eigenvalue weighted by molar-refractivity contribution is 5.97. The van der Waals surface area contributed by atoms with E-state index in [1.807, 2.05) is 92.4 Å². The van der Waals surface area contributed by atoms with E-state index in [9.17, 15) is 10.1 Å². The minimum Gasteiger partial charge on any atom is -0.369 e. The van der Waals surface area contributed by atoms with Crippen molar-refractivity contribution in [3.63, 3.8) is 0 Å². The van der Waals surface area contributed by atoms with Gasteiger partial charge in [0.15, 0.2) is 0 Å². The first-order chi connectivity index (χ1) is 12.5. The molecule has 2 aromatic rings. The summed E-state index contributed by atoms with van der Waals surface area (Å²) < 4.78 is 0. The normalized spacial score (nSPS) is 12.3. The summed E-state index contributed by atoms with van der Waals surface area (Å²) in [6.45, 7) is 6.63. The standard InChI is InChI=1S/C22H25N3O/c1-17(2)25(15-19-10-6-4-7-11-19)16-21(14-23)22(26)24-18(3)20-12-8-5-9-13-20/h4-13,16-18H,15H2,1-3H3,(H,24,26)/b21-16-. The molecular formula is C22H25N3O. The largest absolute Gasteiger partial charge is 0.369 e. The van der Waals surface area contributed by atoms with Gasteiger partial charge in [0.05, 0.1) is 6.04 Å². The number of amides is 1. The Morgan fingerprint density at radius 2 is 1.65 bits per heavy atom. The van der Waals surface area contributed by atoms with Gasteiger partial charge in [-0.2, -0.15) is 5.26 Å². The first-order valence-corrected chi connectivity index (χ1v) is 8.78. The minimum absolute atomic E-state index is 0.109. The van der Waals surface area contributed by atoms with E-state index in [1.165, 1.54) is 0 Å². The molecule has 0 saturated carbocycles. The lowest BCUT2D eigenvalue weighted by Crippen LogP contribution is -2.31. The van der Waals surface area contributed by atoms with Crippen molar-refractivity contribution < 1.29 is 4.79 Å². The topological polar surface area (TPSA) is 56.1 Å². The van der Waals surface area contributed by atoms with Crippen LogP contribution in [0.15, 0.2) is 72.4 Å². The van der Waals surface area contributed by atoms with Crippen LogP contribution >= 0.6 is 0 Å². The van der Waals surface area contributed by atoms with Gasteiger partial charge >= 0.3 is 0 Å². The Kier molecular flexibility index (Phi) is 6.99. The number of benzene rings is 2. The lowest BCUT2D eigenvalue weighted by Gasteiger charge is -2.25. The van der Waals surface area contributed by atoms with Gasteiger partial charge in [-0.15, -0.1) is 0 Å². The molecule has 1 N–H and O–H groups in total. The zero-order valence-corrected chi connectivity index (χ0v) is 15.5. The van der Waals surface area contributed by atoms with Gasteiger partial charge in [0.1, 0.15) is 11.6 Å². The Labute approximate surface area is 155 Å². The van der Waals surface area contributed by atoms with Crippen LogP contribution in [0.5, 0.6) is 0 Å². The number of rotatable bonds is 7. The second kappa shape index (κ2) is 9.43. The zero-order valence-electron chi connectivity index (χ0n) is 15.5. The van der Waals surface area contributed by atoms with Crippen LogP contribution < -0.4 is 5.32 Å². The molecule has 0 aromatic heterocycles. The van der Waals surface area contributed by atoms with E-state index in [4.69, 9.17) is 0 Å². The summed E-state index contributed by atoms with van der Waals surface area (Å²) in [5, 5.41) is 12.4. The number of carbonyl (C=O) groups excluding carboxylic acids is 1. The highest BCUT2D eigenvalue weighted by atomic mass is 16.1. The molecule has 0 saturated heterocycles. The first kappa shape index (κ1) is 19.3. The van der Waals surface area contributed by atoms with Crippen molar-refractivity contribution in [3.05, 3.63) is 83.6 Å². The SMILES string of the molecule is CC(NC(=O)/C(C#N)=C\N(Cc1ccccc1)C(C)C)c1ccccc1. The quantitative estimate of drug-likeness (QED) is 0.604. The van der Waals surface area contributed by atoms with E-state index in [-0.39, 0.29) is 23.6 Å². The van der Waals surface area contributed by atoms with Crippen LogP contribution in [-0.2, 0) is 11.3 Å². The van der Waals surface area contributed by atoms with Crippen molar-refractivity contribution in [2.45, 2.75) is 39.4 Å². The molecule has 2 rings (SSSR count). The number of hydrogen-bond acceptors (Lipinski definition) is 3. The van der Waals surface area contributed by atoms with Crippen molar-refractivity contribution in [1.29, 1.82) is 5.26 Å². The summed E-state index contributed by atoms with van der Waals surface area (Å²) in [4.78, 5) is 14.5. The van der Waals surface area contributed by atoms with E-state index in [0.29, 0.717) is 6.54 Å². The lowest BCUT2D eigenvalue weighted by atomic mass is 10.1. The van der Waals surface area contributed by atoms with Crippen LogP contribution in [-0.4, -0.2) is 16.8 Å². The van der Waals surface area contributed by atoms with E-state index in [0.717, 1.165) is 11.1 Å². The molecule has 0 aliphatic carbocycles. The lowest BCUT2D eigenvalue weighted by molar-refractivity contribution is -0.117. The fourth-order valence-electron chi connectivity index (χ4n) is 2.58. The van der Waals surface area contributed by atoms with Crippen LogP contribution in [0.2, 0.25) is 0 Å². The van der Waals surface area contributed by atoms with Gasteiger partial charge in [0, 0.05) is 18.8 Å². The summed E-state index contributed by atoms with van der Waals surface area (Å²) >= 11 is 0. The molecule has 0 aliphatic rings. The molecule has 1 unspecified atom stereocenters. The third-order valence-electron chi connectivity index (χ3n) is 4.18. The second-order valence-electron chi connectivity index (χ2n) is 6.51. The van der Waals surface area contributed by atoms with Gasteiger partial charge in [-0.1, -0.05) is 60.7 Å². The van der Waals surface area contributed by atoms with Crippen LogP contribution in [0.3, 0.4) is 0 Å². The molecule has 0 heterocycles. The van der Waals surface area contributed by atoms with Gasteiger partial charge in [-0.05, 0) is 31.9 Å². The molecular weight excluding hydrogens is 322 g/mol. The summed E-state index contributed by atoms with van der Waals surface area (Å²) in [6.07, 6.45) is 1.66. The highest BCUT2D eigenvalue weighted by Crippen LogP contribution is 2.14. The summed E-state index contributed by atoms with van der Waals surface area (Å²) in [7, 11) is 0. The molecule has 4 nitrogen and oxygen atoms in total. The molecule has 0 radical (unpaired) electrons. The zero-order chi connectivity index (χ0) is 18.9. The molecule has 0 aliphatic heterocycles.